The molecule has 0 spiro atoms. The molecule has 1 heterocycles. The first-order valence-electron chi connectivity index (χ1n) is 10.7. The topological polar surface area (TPSA) is 40.5 Å². The Kier molecular flexibility index (Phi) is 5.74. The van der Waals surface area contributed by atoms with Crippen molar-refractivity contribution in [3.63, 3.8) is 0 Å². The van der Waals surface area contributed by atoms with Crippen LogP contribution >= 0.6 is 0 Å². The molecule has 0 bridgehead atoms. The lowest BCUT2D eigenvalue weighted by Gasteiger charge is -2.48. The number of aryl methyl sites for hydroxylation is 3. The highest BCUT2D eigenvalue weighted by Crippen LogP contribution is 2.47. The van der Waals surface area contributed by atoms with Gasteiger partial charge in [-0.2, -0.15) is 0 Å². The molecule has 4 rings (SSSR count). The van der Waals surface area contributed by atoms with Gasteiger partial charge < -0.3 is 10.0 Å². The molecule has 1 aliphatic heterocycles. The van der Waals surface area contributed by atoms with E-state index >= 15 is 0 Å². The van der Waals surface area contributed by atoms with E-state index in [1.165, 1.54) is 5.56 Å². The second-order valence-corrected chi connectivity index (χ2v) is 8.46. The molecular formula is C27H29NO2. The number of rotatable bonds is 6. The van der Waals surface area contributed by atoms with Gasteiger partial charge in [0.1, 0.15) is 0 Å². The minimum absolute atomic E-state index is 0.00362. The number of hydrogen-bond donors (Lipinski definition) is 1. The smallest absolute Gasteiger partial charge is 0.233 e. The van der Waals surface area contributed by atoms with Crippen LogP contribution in [-0.4, -0.2) is 11.0 Å². The zero-order valence-corrected chi connectivity index (χ0v) is 17.9. The summed E-state index contributed by atoms with van der Waals surface area (Å²) in [6, 6.07) is 24.5. The van der Waals surface area contributed by atoms with Crippen LogP contribution in [0.3, 0.4) is 0 Å². The molecule has 1 fully saturated rings. The number of hydrogen-bond acceptors (Lipinski definition) is 2. The van der Waals surface area contributed by atoms with E-state index in [2.05, 4.69) is 31.2 Å². The van der Waals surface area contributed by atoms with Gasteiger partial charge in [-0.05, 0) is 56.4 Å². The molecule has 3 atom stereocenters. The van der Waals surface area contributed by atoms with Crippen molar-refractivity contribution in [3.8, 4) is 0 Å². The highest BCUT2D eigenvalue weighted by Gasteiger charge is 2.48. The maximum atomic E-state index is 13.2. The van der Waals surface area contributed by atoms with Gasteiger partial charge in [-0.15, -0.1) is 0 Å². The molecule has 0 aliphatic carbocycles. The van der Waals surface area contributed by atoms with E-state index in [1.54, 1.807) is 0 Å². The molecule has 154 valence electrons. The zero-order chi connectivity index (χ0) is 21.3. The monoisotopic (exact) mass is 399 g/mol. The average Bonchev–Trinajstić information content (AvgIpc) is 2.74. The molecule has 3 nitrogen and oxygen atoms in total. The summed E-state index contributed by atoms with van der Waals surface area (Å²) in [5.74, 6) is 0.0260. The summed E-state index contributed by atoms with van der Waals surface area (Å²) in [5.41, 5.74) is 6.49. The SMILES string of the molecule is Cc1ccc([C@@H]2[C@@H](CC[C@H](O)c3cccc(C)c3)C(=O)N2c2ccccc2C)cc1. The van der Waals surface area contributed by atoms with Crippen LogP contribution in [0.15, 0.2) is 72.8 Å². The molecule has 30 heavy (non-hydrogen) atoms. The minimum Gasteiger partial charge on any atom is -0.388 e. The van der Waals surface area contributed by atoms with Crippen LogP contribution < -0.4 is 4.90 Å². The van der Waals surface area contributed by atoms with Crippen LogP contribution in [0, 0.1) is 26.7 Å². The van der Waals surface area contributed by atoms with Crippen molar-refractivity contribution < 1.29 is 9.90 Å². The fourth-order valence-electron chi connectivity index (χ4n) is 4.46. The molecule has 0 aromatic heterocycles. The standard InChI is InChI=1S/C27H29NO2/c1-18-11-13-21(14-12-18)26-23(15-16-25(29)22-9-6-7-19(2)17-22)27(30)28(26)24-10-5-4-8-20(24)3/h4-14,17,23,25-26,29H,15-16H2,1-3H3/t23-,25+,26-/m1/s1. The van der Waals surface area contributed by atoms with Gasteiger partial charge in [-0.25, -0.2) is 0 Å². The van der Waals surface area contributed by atoms with Gasteiger partial charge >= 0.3 is 0 Å². The van der Waals surface area contributed by atoms with Crippen LogP contribution in [0.5, 0.6) is 0 Å². The summed E-state index contributed by atoms with van der Waals surface area (Å²) in [6.45, 7) is 6.15. The van der Waals surface area contributed by atoms with Crippen molar-refractivity contribution in [3.05, 3.63) is 101 Å². The van der Waals surface area contributed by atoms with Gasteiger partial charge in [-0.3, -0.25) is 4.79 Å². The predicted octanol–water partition coefficient (Wildman–Crippen LogP) is 5.83. The van der Waals surface area contributed by atoms with Gasteiger partial charge in [0.2, 0.25) is 5.91 Å². The molecule has 3 heteroatoms. The molecule has 0 radical (unpaired) electrons. The number of nitrogens with zero attached hydrogens (tertiary/aromatic N) is 1. The number of β-lactam (4-membered cyclic amide) rings is 1. The van der Waals surface area contributed by atoms with Crippen molar-refractivity contribution in [2.75, 3.05) is 4.90 Å². The summed E-state index contributed by atoms with van der Waals surface area (Å²) in [7, 11) is 0. The Morgan fingerprint density at radius 1 is 0.900 bits per heavy atom. The van der Waals surface area contributed by atoms with Crippen molar-refractivity contribution >= 4 is 11.6 Å². The first-order chi connectivity index (χ1) is 14.5. The number of anilines is 1. The van der Waals surface area contributed by atoms with Gasteiger partial charge in [-0.1, -0.05) is 77.9 Å². The highest BCUT2D eigenvalue weighted by atomic mass is 16.3. The number of para-hydroxylation sites is 1. The Morgan fingerprint density at radius 2 is 1.63 bits per heavy atom. The number of aliphatic hydroxyl groups excluding tert-OH is 1. The van der Waals surface area contributed by atoms with Crippen molar-refractivity contribution in [2.24, 2.45) is 5.92 Å². The van der Waals surface area contributed by atoms with Crippen LogP contribution in [0.25, 0.3) is 0 Å². The number of amides is 1. The van der Waals surface area contributed by atoms with E-state index in [-0.39, 0.29) is 17.9 Å². The maximum absolute atomic E-state index is 13.2. The van der Waals surface area contributed by atoms with Gasteiger partial charge in [0, 0.05) is 5.69 Å². The van der Waals surface area contributed by atoms with Crippen LogP contribution in [0.1, 0.15) is 52.8 Å². The Morgan fingerprint density at radius 3 is 2.33 bits per heavy atom. The molecule has 1 saturated heterocycles. The summed E-state index contributed by atoms with van der Waals surface area (Å²) < 4.78 is 0. The largest absolute Gasteiger partial charge is 0.388 e. The zero-order valence-electron chi connectivity index (χ0n) is 17.9. The van der Waals surface area contributed by atoms with Crippen molar-refractivity contribution in [2.45, 2.75) is 45.8 Å². The molecule has 1 amide bonds. The summed E-state index contributed by atoms with van der Waals surface area (Å²) in [5, 5.41) is 10.7. The second-order valence-electron chi connectivity index (χ2n) is 8.46. The molecule has 1 aliphatic rings. The van der Waals surface area contributed by atoms with Crippen LogP contribution in [0.2, 0.25) is 0 Å². The number of aliphatic hydroxyl groups is 1. The average molecular weight is 400 g/mol. The molecule has 3 aromatic rings. The van der Waals surface area contributed by atoms with Gasteiger partial charge in [0.05, 0.1) is 18.1 Å². The normalized spacial score (nSPS) is 19.5. The first kappa shape index (κ1) is 20.4. The fraction of sp³-hybridized carbons (Fsp3) is 0.296. The Hall–Kier alpha value is -2.91. The van der Waals surface area contributed by atoms with Crippen LogP contribution in [-0.2, 0) is 4.79 Å². The quantitative estimate of drug-likeness (QED) is 0.530. The molecule has 0 saturated carbocycles. The summed E-state index contributed by atoms with van der Waals surface area (Å²) in [6.07, 6.45) is 0.683. The third-order valence-corrected chi connectivity index (χ3v) is 6.19. The Balaban J connectivity index is 1.58. The lowest BCUT2D eigenvalue weighted by molar-refractivity contribution is -0.131. The molecule has 1 N–H and O–H groups in total. The number of benzene rings is 3. The lowest BCUT2D eigenvalue weighted by Crippen LogP contribution is -2.55. The molecule has 0 unspecified atom stereocenters. The van der Waals surface area contributed by atoms with E-state index in [9.17, 15) is 9.90 Å². The van der Waals surface area contributed by atoms with Gasteiger partial charge in [0.25, 0.3) is 0 Å². The van der Waals surface area contributed by atoms with Crippen LogP contribution in [0.4, 0.5) is 5.69 Å². The number of carbonyl (C=O) groups is 1. The van der Waals surface area contributed by atoms with Gasteiger partial charge in [0.15, 0.2) is 0 Å². The first-order valence-corrected chi connectivity index (χ1v) is 10.7. The number of carbonyl (C=O) groups excluding carboxylic acids is 1. The maximum Gasteiger partial charge on any atom is 0.233 e. The summed E-state index contributed by atoms with van der Waals surface area (Å²) >= 11 is 0. The van der Waals surface area contributed by atoms with E-state index < -0.39 is 6.10 Å². The fourth-order valence-corrected chi connectivity index (χ4v) is 4.46. The highest BCUT2D eigenvalue weighted by molar-refractivity contribution is 6.03. The lowest BCUT2D eigenvalue weighted by atomic mass is 9.78. The molecular weight excluding hydrogens is 370 g/mol. The summed E-state index contributed by atoms with van der Waals surface area (Å²) in [4.78, 5) is 15.1. The predicted molar refractivity (Wildman–Crippen MR) is 121 cm³/mol. The van der Waals surface area contributed by atoms with E-state index in [1.807, 2.05) is 67.3 Å². The minimum atomic E-state index is -0.552. The third kappa shape index (κ3) is 3.90. The van der Waals surface area contributed by atoms with Crippen molar-refractivity contribution in [1.29, 1.82) is 0 Å². The Bertz CT molecular complexity index is 1040. The second kappa shape index (κ2) is 8.45. The van der Waals surface area contributed by atoms with E-state index in [0.717, 1.165) is 27.9 Å². The molecule has 3 aromatic carbocycles. The van der Waals surface area contributed by atoms with E-state index in [0.29, 0.717) is 12.8 Å². The Labute approximate surface area is 179 Å². The third-order valence-electron chi connectivity index (χ3n) is 6.19. The van der Waals surface area contributed by atoms with Crippen molar-refractivity contribution in [1.82, 2.24) is 0 Å². The van der Waals surface area contributed by atoms with E-state index in [4.69, 9.17) is 0 Å².